The number of aromatic nitrogens is 2. The Morgan fingerprint density at radius 2 is 1.20 bits per heavy atom. The Morgan fingerprint density at radius 3 is 1.74 bits per heavy atom. The third-order valence-corrected chi connectivity index (χ3v) is 12.0. The molecule has 0 aliphatic rings. The van der Waals surface area contributed by atoms with Gasteiger partial charge in [0.2, 0.25) is 11.6 Å². The van der Waals surface area contributed by atoms with E-state index < -0.39 is 98.6 Å². The van der Waals surface area contributed by atoms with E-state index in [1.54, 1.807) is 0 Å². The number of aliphatic hydroxyl groups is 2. The van der Waals surface area contributed by atoms with E-state index in [0.29, 0.717) is 4.68 Å². The first-order chi connectivity index (χ1) is 32.5. The number of carboxylic acids is 1. The number of rotatable bonds is 19. The monoisotopic (exact) mass is 1020 g/mol. The minimum absolute atomic E-state index is 0.0374. The number of carboxylic acid groups (broad SMARTS) is 1. The summed E-state index contributed by atoms with van der Waals surface area (Å²) in [7, 11) is -12.3. The molecule has 0 fully saturated rings. The number of hydrogen-bond donors (Lipinski definition) is 8. The van der Waals surface area contributed by atoms with Crippen LogP contribution < -0.4 is 18.9 Å². The van der Waals surface area contributed by atoms with Crippen LogP contribution in [0.1, 0.15) is 16.1 Å². The normalized spacial score (nSPS) is 12.4. The zero-order chi connectivity index (χ0) is 50.6. The van der Waals surface area contributed by atoms with E-state index in [0.717, 1.165) is 55.6 Å². The van der Waals surface area contributed by atoms with Gasteiger partial charge in [-0.25, -0.2) is 4.79 Å². The highest BCUT2D eigenvalue weighted by Gasteiger charge is 2.28. The van der Waals surface area contributed by atoms with Gasteiger partial charge < -0.3 is 44.5 Å². The number of aliphatic hydroxyl groups excluding tert-OH is 2. The summed E-state index contributed by atoms with van der Waals surface area (Å²) in [5, 5.41) is 79.7. The number of hydrogen-bond acceptors (Lipinski definition) is 22. The summed E-state index contributed by atoms with van der Waals surface area (Å²) < 4.78 is 125. The molecule has 69 heavy (non-hydrogen) atoms. The summed E-state index contributed by atoms with van der Waals surface area (Å²) in [5.41, 5.74) is -3.92. The lowest BCUT2D eigenvalue weighted by atomic mass is 10.1. The minimum atomic E-state index is -5.08. The molecular formula is C39H36N8O19S3. The molecule has 30 heteroatoms. The van der Waals surface area contributed by atoms with Crippen LogP contribution in [0.15, 0.2) is 112 Å². The first-order valence-corrected chi connectivity index (χ1v) is 23.4. The zero-order valence-electron chi connectivity index (χ0n) is 35.6. The number of aromatic carboxylic acids is 1. The summed E-state index contributed by atoms with van der Waals surface area (Å²) in [4.78, 5) is 10.5. The number of aromatic hydroxyl groups is 2. The number of aryl methyl sites for hydroxylation is 1. The van der Waals surface area contributed by atoms with Gasteiger partial charge in [-0.2, -0.15) is 35.0 Å². The average Bonchev–Trinajstić information content (AvgIpc) is 3.62. The molecule has 1 aromatic heterocycles. The van der Waals surface area contributed by atoms with Crippen molar-refractivity contribution in [2.24, 2.45) is 30.7 Å². The number of methoxy groups -OCH3 is 2. The van der Waals surface area contributed by atoms with Gasteiger partial charge in [-0.15, -0.1) is 30.7 Å². The quantitative estimate of drug-likeness (QED) is 0.0331. The maximum Gasteiger partial charge on any atom is 0.358 e. The van der Waals surface area contributed by atoms with Gasteiger partial charge in [0.25, 0.3) is 30.4 Å². The number of phenols is 1. The van der Waals surface area contributed by atoms with Gasteiger partial charge in [-0.3, -0.25) is 13.7 Å². The standard InChI is InChI=1S/C39H36N8O19S3/c1-19-12-24(29(64-3)18-32(19)68(57,58)59)42-45-36-37(39(52)53)46-47(38(36)51)27-15-22(67(54,55)56)13-20-4-7-28(50)35(34(20)27)44-43-26-17-30(65-10-8-48)25(16-31(26)66-11-9-49)41-40-23-6-5-21(63-2)14-33(23)69(60,61)62/h4-7,12-18,48-51H,8-11H2,1-3H3,(H,52,53)(H,54,55,56)(H,57,58,59)(H,60,61,62)/b41-40+,44-43+,45-42+. The van der Waals surface area contributed by atoms with E-state index in [1.807, 2.05) is 0 Å². The van der Waals surface area contributed by atoms with E-state index >= 15 is 0 Å². The molecule has 364 valence electrons. The van der Waals surface area contributed by atoms with Gasteiger partial charge in [-0.05, 0) is 54.3 Å². The number of nitrogens with zero attached hydrogens (tertiary/aromatic N) is 8. The van der Waals surface area contributed by atoms with Crippen LogP contribution >= 0.6 is 0 Å². The van der Waals surface area contributed by atoms with Crippen molar-refractivity contribution < 1.29 is 88.2 Å². The molecule has 6 aromatic rings. The van der Waals surface area contributed by atoms with Crippen molar-refractivity contribution in [3.05, 3.63) is 78.0 Å². The van der Waals surface area contributed by atoms with Gasteiger partial charge >= 0.3 is 5.97 Å². The third kappa shape index (κ3) is 11.2. The molecule has 1 heterocycles. The van der Waals surface area contributed by atoms with E-state index in [-0.39, 0.29) is 75.3 Å². The van der Waals surface area contributed by atoms with E-state index in [1.165, 1.54) is 32.2 Å². The van der Waals surface area contributed by atoms with Gasteiger partial charge in [0.05, 0.1) is 38.0 Å². The molecule has 0 aliphatic heterocycles. The molecule has 8 N–H and O–H groups in total. The summed E-state index contributed by atoms with van der Waals surface area (Å²) in [6.45, 7) is -0.479. The highest BCUT2D eigenvalue weighted by Crippen LogP contribution is 2.46. The highest BCUT2D eigenvalue weighted by molar-refractivity contribution is 7.86. The molecule has 0 saturated carbocycles. The van der Waals surface area contributed by atoms with Crippen molar-refractivity contribution in [1.82, 2.24) is 9.78 Å². The van der Waals surface area contributed by atoms with E-state index in [9.17, 15) is 69.2 Å². The Labute approximate surface area is 389 Å². The smallest absolute Gasteiger partial charge is 0.358 e. The predicted octanol–water partition coefficient (Wildman–Crippen LogP) is 6.19. The van der Waals surface area contributed by atoms with Crippen LogP contribution in [0.2, 0.25) is 0 Å². The molecule has 0 radical (unpaired) electrons. The molecule has 0 saturated heterocycles. The summed E-state index contributed by atoms with van der Waals surface area (Å²) in [6, 6.07) is 11.7. The third-order valence-electron chi connectivity index (χ3n) is 9.31. The maximum atomic E-state index is 12.6. The number of fused-ring (bicyclic) bond motifs is 1. The highest BCUT2D eigenvalue weighted by atomic mass is 32.2. The van der Waals surface area contributed by atoms with Crippen LogP contribution in [-0.4, -0.2) is 121 Å². The molecule has 0 unspecified atom stereocenters. The van der Waals surface area contributed by atoms with Crippen molar-refractivity contribution in [3.63, 3.8) is 0 Å². The van der Waals surface area contributed by atoms with Crippen LogP contribution in [0.25, 0.3) is 16.5 Å². The fourth-order valence-electron chi connectivity index (χ4n) is 6.25. The van der Waals surface area contributed by atoms with Crippen LogP contribution in [0.5, 0.6) is 34.6 Å². The lowest BCUT2D eigenvalue weighted by Gasteiger charge is -2.14. The number of benzene rings is 5. The van der Waals surface area contributed by atoms with Crippen LogP contribution in [0, 0.1) is 6.92 Å². The first-order valence-electron chi connectivity index (χ1n) is 19.1. The molecule has 0 spiro atoms. The second kappa shape index (κ2) is 20.3. The molecule has 0 atom stereocenters. The van der Waals surface area contributed by atoms with Crippen LogP contribution in [-0.2, 0) is 30.4 Å². The van der Waals surface area contributed by atoms with Crippen LogP contribution in [0.4, 0.5) is 34.1 Å². The Kier molecular flexibility index (Phi) is 14.9. The SMILES string of the molecule is COc1ccc(/N=N/c2cc(OCCO)c(/N=N/c3c(O)ccc4cc(S(=O)(=O)O)cc(-n5nc(C(=O)O)c(/N=N/c6cc(C)c(S(=O)(=O)O)cc6OC)c5O)c34)cc2OCCO)c(S(=O)(=O)O)c1. The number of ether oxygens (including phenoxy) is 4. The van der Waals surface area contributed by atoms with Gasteiger partial charge in [0, 0.05) is 29.7 Å². The second-order valence-corrected chi connectivity index (χ2v) is 18.0. The fraction of sp³-hybridized carbons (Fsp3) is 0.179. The van der Waals surface area contributed by atoms with E-state index in [2.05, 4.69) is 35.8 Å². The Morgan fingerprint density at radius 1 is 0.638 bits per heavy atom. The van der Waals surface area contributed by atoms with Crippen LogP contribution in [0.3, 0.4) is 0 Å². The van der Waals surface area contributed by atoms with Crippen molar-refractivity contribution in [2.75, 3.05) is 40.6 Å². The topological polar surface area (TPSA) is 410 Å². The maximum absolute atomic E-state index is 12.6. The minimum Gasteiger partial charge on any atom is -0.506 e. The molecule has 5 aromatic carbocycles. The average molecular weight is 1020 g/mol. The lowest BCUT2D eigenvalue weighted by molar-refractivity contribution is 0.0690. The Bertz CT molecular complexity index is 3450. The fourth-order valence-corrected chi connectivity index (χ4v) is 8.14. The van der Waals surface area contributed by atoms with Crippen molar-refractivity contribution >= 4 is 81.2 Å². The molecule has 0 aliphatic carbocycles. The number of azo groups is 3. The molecule has 0 amide bonds. The zero-order valence-corrected chi connectivity index (χ0v) is 38.0. The molecule has 6 rings (SSSR count). The van der Waals surface area contributed by atoms with Gasteiger partial charge in [-0.1, -0.05) is 6.07 Å². The molecular weight excluding hydrogens is 981 g/mol. The summed E-state index contributed by atoms with van der Waals surface area (Å²) in [5.74, 6) is -4.18. The lowest BCUT2D eigenvalue weighted by Crippen LogP contribution is -2.05. The molecule has 27 nitrogen and oxygen atoms in total. The first kappa shape index (κ1) is 50.7. The number of carbonyl (C=O) groups is 1. The van der Waals surface area contributed by atoms with E-state index in [4.69, 9.17) is 18.9 Å². The summed E-state index contributed by atoms with van der Waals surface area (Å²) in [6.07, 6.45) is 0. The number of phenolic OH excluding ortho intramolecular Hbond substituents is 1. The predicted molar refractivity (Wildman–Crippen MR) is 236 cm³/mol. The summed E-state index contributed by atoms with van der Waals surface area (Å²) >= 11 is 0. The Hall–Kier alpha value is -7.71. The van der Waals surface area contributed by atoms with Gasteiger partial charge in [0.15, 0.2) is 5.69 Å². The Balaban J connectivity index is 1.55. The van der Waals surface area contributed by atoms with Crippen molar-refractivity contribution in [3.8, 4) is 40.3 Å². The van der Waals surface area contributed by atoms with Crippen molar-refractivity contribution in [2.45, 2.75) is 21.6 Å². The van der Waals surface area contributed by atoms with Gasteiger partial charge in [0.1, 0.15) is 80.2 Å². The second-order valence-electron chi connectivity index (χ2n) is 13.8. The molecule has 0 bridgehead atoms. The largest absolute Gasteiger partial charge is 0.506 e. The van der Waals surface area contributed by atoms with Crippen molar-refractivity contribution in [1.29, 1.82) is 0 Å².